The van der Waals surface area contributed by atoms with Gasteiger partial charge < -0.3 is 10.6 Å². The van der Waals surface area contributed by atoms with E-state index >= 15 is 0 Å². The molecule has 1 aromatic rings. The number of nitrogens with one attached hydrogen (secondary N) is 2. The number of rotatable bonds is 5. The maximum Gasteiger partial charge on any atom is 0.251 e. The van der Waals surface area contributed by atoms with E-state index in [0.29, 0.717) is 6.04 Å². The summed E-state index contributed by atoms with van der Waals surface area (Å²) in [6, 6.07) is 8.44. The Balaban J connectivity index is 1.76. The van der Waals surface area contributed by atoms with Crippen LogP contribution in [-0.4, -0.2) is 25.0 Å². The molecule has 0 radical (unpaired) electrons. The molecule has 1 atom stereocenters. The molecule has 3 nitrogen and oxygen atoms in total. The fourth-order valence-corrected chi connectivity index (χ4v) is 2.36. The molecule has 1 saturated heterocycles. The summed E-state index contributed by atoms with van der Waals surface area (Å²) < 4.78 is 0. The maximum absolute atomic E-state index is 11.9. The molecule has 1 amide bonds. The Kier molecular flexibility index (Phi) is 4.76. The van der Waals surface area contributed by atoms with Gasteiger partial charge in [-0.25, -0.2) is 0 Å². The lowest BCUT2D eigenvalue weighted by molar-refractivity contribution is 0.0952. The van der Waals surface area contributed by atoms with E-state index in [1.807, 2.05) is 24.3 Å². The molecule has 98 valence electrons. The average molecular weight is 246 g/mol. The van der Waals surface area contributed by atoms with Crippen LogP contribution in [0.15, 0.2) is 24.3 Å². The molecule has 1 unspecified atom stereocenters. The molecule has 1 aliphatic heterocycles. The third kappa shape index (κ3) is 3.57. The first-order valence-electron chi connectivity index (χ1n) is 6.90. The van der Waals surface area contributed by atoms with Gasteiger partial charge in [-0.2, -0.15) is 0 Å². The zero-order valence-corrected chi connectivity index (χ0v) is 11.0. The Labute approximate surface area is 109 Å². The summed E-state index contributed by atoms with van der Waals surface area (Å²) in [5.74, 6) is 0.0376. The van der Waals surface area contributed by atoms with Gasteiger partial charge in [0.15, 0.2) is 0 Å². The zero-order chi connectivity index (χ0) is 12.8. The van der Waals surface area contributed by atoms with Crippen molar-refractivity contribution >= 4 is 5.91 Å². The fraction of sp³-hybridized carbons (Fsp3) is 0.533. The van der Waals surface area contributed by atoms with Crippen molar-refractivity contribution in [2.24, 2.45) is 0 Å². The molecule has 0 aromatic heterocycles. The first-order chi connectivity index (χ1) is 8.79. The molecule has 1 fully saturated rings. The monoisotopic (exact) mass is 246 g/mol. The van der Waals surface area contributed by atoms with E-state index in [2.05, 4.69) is 17.6 Å². The predicted octanol–water partition coefficient (Wildman–Crippen LogP) is 2.12. The van der Waals surface area contributed by atoms with Gasteiger partial charge in [-0.3, -0.25) is 4.79 Å². The fourth-order valence-electron chi connectivity index (χ4n) is 2.36. The Morgan fingerprint density at radius 2 is 2.17 bits per heavy atom. The van der Waals surface area contributed by atoms with Crippen molar-refractivity contribution < 1.29 is 4.79 Å². The minimum Gasteiger partial charge on any atom is -0.352 e. The van der Waals surface area contributed by atoms with Crippen LogP contribution in [0.3, 0.4) is 0 Å². The molecule has 3 heteroatoms. The van der Waals surface area contributed by atoms with Crippen LogP contribution < -0.4 is 10.6 Å². The second kappa shape index (κ2) is 6.55. The number of carbonyl (C=O) groups is 1. The van der Waals surface area contributed by atoms with Crippen molar-refractivity contribution in [2.75, 3.05) is 13.1 Å². The molecule has 1 aromatic carbocycles. The smallest absolute Gasteiger partial charge is 0.251 e. The standard InChI is InChI=1S/C15H22N2O/c1-2-12-5-7-13(8-6-12)15(18)17-11-9-14-4-3-10-16-14/h5-8,14,16H,2-4,9-11H2,1H3,(H,17,18). The third-order valence-electron chi connectivity index (χ3n) is 3.57. The molecule has 2 rings (SSSR count). The van der Waals surface area contributed by atoms with Gasteiger partial charge in [-0.05, 0) is 49.9 Å². The number of hydrogen-bond acceptors (Lipinski definition) is 2. The summed E-state index contributed by atoms with van der Waals surface area (Å²) >= 11 is 0. The summed E-state index contributed by atoms with van der Waals surface area (Å²) in [5.41, 5.74) is 2.02. The highest BCUT2D eigenvalue weighted by atomic mass is 16.1. The topological polar surface area (TPSA) is 41.1 Å². The van der Waals surface area contributed by atoms with E-state index in [1.54, 1.807) is 0 Å². The Morgan fingerprint density at radius 3 is 2.78 bits per heavy atom. The highest BCUT2D eigenvalue weighted by molar-refractivity contribution is 5.94. The molecule has 0 spiro atoms. The number of amides is 1. The largest absolute Gasteiger partial charge is 0.352 e. The highest BCUT2D eigenvalue weighted by Gasteiger charge is 2.13. The molecule has 0 saturated carbocycles. The van der Waals surface area contributed by atoms with E-state index in [4.69, 9.17) is 0 Å². The lowest BCUT2D eigenvalue weighted by atomic mass is 10.1. The van der Waals surface area contributed by atoms with Crippen molar-refractivity contribution in [3.05, 3.63) is 35.4 Å². The van der Waals surface area contributed by atoms with Crippen LogP contribution >= 0.6 is 0 Å². The minimum atomic E-state index is 0.0376. The Hall–Kier alpha value is -1.35. The van der Waals surface area contributed by atoms with Crippen LogP contribution in [0.5, 0.6) is 0 Å². The van der Waals surface area contributed by atoms with Crippen molar-refractivity contribution in [1.29, 1.82) is 0 Å². The van der Waals surface area contributed by atoms with E-state index in [1.165, 1.54) is 18.4 Å². The van der Waals surface area contributed by atoms with Gasteiger partial charge in [0.05, 0.1) is 0 Å². The van der Waals surface area contributed by atoms with Gasteiger partial charge >= 0.3 is 0 Å². The van der Waals surface area contributed by atoms with Crippen LogP contribution in [0.2, 0.25) is 0 Å². The lowest BCUT2D eigenvalue weighted by Crippen LogP contribution is -2.30. The van der Waals surface area contributed by atoms with Crippen LogP contribution in [0.4, 0.5) is 0 Å². The quantitative estimate of drug-likeness (QED) is 0.835. The van der Waals surface area contributed by atoms with Gasteiger partial charge in [-0.15, -0.1) is 0 Å². The summed E-state index contributed by atoms with van der Waals surface area (Å²) in [6.07, 6.45) is 4.53. The number of hydrogen-bond donors (Lipinski definition) is 2. The van der Waals surface area contributed by atoms with E-state index in [9.17, 15) is 4.79 Å². The van der Waals surface area contributed by atoms with Gasteiger partial charge in [0.25, 0.3) is 5.91 Å². The summed E-state index contributed by atoms with van der Waals surface area (Å²) in [4.78, 5) is 11.9. The molecule has 1 aliphatic rings. The molecule has 2 N–H and O–H groups in total. The van der Waals surface area contributed by atoms with Gasteiger partial charge in [-0.1, -0.05) is 19.1 Å². The summed E-state index contributed by atoms with van der Waals surface area (Å²) in [5, 5.41) is 6.42. The number of benzene rings is 1. The Bertz CT molecular complexity index is 380. The normalized spacial score (nSPS) is 18.8. The highest BCUT2D eigenvalue weighted by Crippen LogP contribution is 2.08. The molecule has 18 heavy (non-hydrogen) atoms. The molecule has 0 aliphatic carbocycles. The lowest BCUT2D eigenvalue weighted by Gasteiger charge is -2.10. The molecular weight excluding hydrogens is 224 g/mol. The van der Waals surface area contributed by atoms with Gasteiger partial charge in [0, 0.05) is 18.2 Å². The van der Waals surface area contributed by atoms with Crippen LogP contribution in [-0.2, 0) is 6.42 Å². The van der Waals surface area contributed by atoms with Crippen molar-refractivity contribution in [3.63, 3.8) is 0 Å². The van der Waals surface area contributed by atoms with E-state index in [0.717, 1.165) is 31.5 Å². The third-order valence-corrected chi connectivity index (χ3v) is 3.57. The predicted molar refractivity (Wildman–Crippen MR) is 73.8 cm³/mol. The van der Waals surface area contributed by atoms with Crippen LogP contribution in [0, 0.1) is 0 Å². The minimum absolute atomic E-state index is 0.0376. The van der Waals surface area contributed by atoms with Crippen molar-refractivity contribution in [3.8, 4) is 0 Å². The number of carbonyl (C=O) groups excluding carboxylic acids is 1. The summed E-state index contributed by atoms with van der Waals surface area (Å²) in [7, 11) is 0. The average Bonchev–Trinajstić information content (AvgIpc) is 2.92. The molecule has 0 bridgehead atoms. The van der Waals surface area contributed by atoms with E-state index < -0.39 is 0 Å². The maximum atomic E-state index is 11.9. The molecule has 1 heterocycles. The second-order valence-electron chi connectivity index (χ2n) is 4.89. The first kappa shape index (κ1) is 13.1. The van der Waals surface area contributed by atoms with Crippen molar-refractivity contribution in [2.45, 2.75) is 38.6 Å². The van der Waals surface area contributed by atoms with E-state index in [-0.39, 0.29) is 5.91 Å². The van der Waals surface area contributed by atoms with Gasteiger partial charge in [0.2, 0.25) is 0 Å². The van der Waals surface area contributed by atoms with Crippen LogP contribution in [0.1, 0.15) is 42.1 Å². The van der Waals surface area contributed by atoms with Crippen LogP contribution in [0.25, 0.3) is 0 Å². The Morgan fingerprint density at radius 1 is 1.39 bits per heavy atom. The summed E-state index contributed by atoms with van der Waals surface area (Å²) in [6.45, 7) is 3.99. The number of aryl methyl sites for hydroxylation is 1. The molecular formula is C15H22N2O. The van der Waals surface area contributed by atoms with Crippen molar-refractivity contribution in [1.82, 2.24) is 10.6 Å². The second-order valence-corrected chi connectivity index (χ2v) is 4.89. The zero-order valence-electron chi connectivity index (χ0n) is 11.0. The first-order valence-corrected chi connectivity index (χ1v) is 6.90. The van der Waals surface area contributed by atoms with Gasteiger partial charge in [0.1, 0.15) is 0 Å². The SMILES string of the molecule is CCc1ccc(C(=O)NCCC2CCCN2)cc1.